The van der Waals surface area contributed by atoms with Crippen molar-refractivity contribution in [3.63, 3.8) is 0 Å². The molecular formula is C27H36N6OS. The molecule has 0 fully saturated rings. The number of nitrogens with one attached hydrogen (secondary N) is 1. The van der Waals surface area contributed by atoms with Crippen LogP contribution in [-0.4, -0.2) is 30.1 Å². The summed E-state index contributed by atoms with van der Waals surface area (Å²) in [7, 11) is 0. The van der Waals surface area contributed by atoms with Crippen molar-refractivity contribution < 1.29 is 0 Å². The first-order chi connectivity index (χ1) is 16.7. The predicted molar refractivity (Wildman–Crippen MR) is 143 cm³/mol. The molecule has 0 aliphatic carbocycles. The van der Waals surface area contributed by atoms with Gasteiger partial charge in [0.15, 0.2) is 5.82 Å². The van der Waals surface area contributed by atoms with Crippen molar-refractivity contribution in [1.82, 2.24) is 30.1 Å². The molecule has 4 rings (SSSR count). The predicted octanol–water partition coefficient (Wildman–Crippen LogP) is 5.88. The summed E-state index contributed by atoms with van der Waals surface area (Å²) >= 11 is 1.73. The first kappa shape index (κ1) is 25.3. The van der Waals surface area contributed by atoms with Gasteiger partial charge in [0.25, 0.3) is 5.56 Å². The van der Waals surface area contributed by atoms with Gasteiger partial charge in [-0.2, -0.15) is 0 Å². The minimum Gasteiger partial charge on any atom is -0.321 e. The van der Waals surface area contributed by atoms with E-state index in [0.717, 1.165) is 53.7 Å². The van der Waals surface area contributed by atoms with Gasteiger partial charge in [0.05, 0.1) is 17.1 Å². The molecule has 1 N–H and O–H groups in total. The molecule has 186 valence electrons. The highest BCUT2D eigenvalue weighted by atomic mass is 32.1. The molecule has 0 radical (unpaired) electrons. The van der Waals surface area contributed by atoms with E-state index in [1.165, 1.54) is 10.4 Å². The maximum Gasteiger partial charge on any atom is 0.252 e. The van der Waals surface area contributed by atoms with Crippen LogP contribution in [0.1, 0.15) is 80.4 Å². The van der Waals surface area contributed by atoms with Gasteiger partial charge in [-0.05, 0) is 85.0 Å². The second-order valence-corrected chi connectivity index (χ2v) is 11.0. The number of tetrazole rings is 1. The van der Waals surface area contributed by atoms with Crippen molar-refractivity contribution >= 4 is 22.2 Å². The van der Waals surface area contributed by atoms with E-state index in [-0.39, 0.29) is 17.1 Å². The van der Waals surface area contributed by atoms with Crippen molar-refractivity contribution in [1.29, 1.82) is 0 Å². The maximum absolute atomic E-state index is 13.2. The molecule has 0 spiro atoms. The Hall–Kier alpha value is -2.84. The molecule has 1 atom stereocenters. The third kappa shape index (κ3) is 5.23. The number of aryl methyl sites for hydroxylation is 2. The molecular weight excluding hydrogens is 456 g/mol. The molecule has 0 aliphatic heterocycles. The highest BCUT2D eigenvalue weighted by Gasteiger charge is 2.31. The van der Waals surface area contributed by atoms with Gasteiger partial charge in [-0.3, -0.25) is 9.69 Å². The molecule has 4 aromatic rings. The van der Waals surface area contributed by atoms with Crippen LogP contribution in [-0.2, 0) is 18.6 Å². The summed E-state index contributed by atoms with van der Waals surface area (Å²) in [4.78, 5) is 20.0. The third-order valence-corrected chi connectivity index (χ3v) is 8.03. The Bertz CT molecular complexity index is 1340. The van der Waals surface area contributed by atoms with Gasteiger partial charge < -0.3 is 4.98 Å². The number of aromatic nitrogens is 5. The van der Waals surface area contributed by atoms with E-state index in [1.54, 1.807) is 11.3 Å². The normalized spacial score (nSPS) is 13.1. The van der Waals surface area contributed by atoms with Crippen molar-refractivity contribution in [2.24, 2.45) is 0 Å². The Morgan fingerprint density at radius 3 is 2.66 bits per heavy atom. The van der Waals surface area contributed by atoms with Crippen molar-refractivity contribution in [3.05, 3.63) is 73.5 Å². The van der Waals surface area contributed by atoms with Crippen LogP contribution >= 0.6 is 11.3 Å². The first-order valence-corrected chi connectivity index (χ1v) is 13.3. The van der Waals surface area contributed by atoms with E-state index >= 15 is 0 Å². The standard InChI is InChI=1S/C27H36N6OS/c1-7-10-23(25-29-30-31-33(25)27(5,6)8-2)32(17-22-11-9-14-35-22)16-21-15-20-13-12-18(3)19(4)24(20)28-26(21)34/h9,11-15,23H,7-8,10,16-17H2,1-6H3,(H,28,34)/t23-/m1/s1. The lowest BCUT2D eigenvalue weighted by atomic mass is 10.0. The Balaban J connectivity index is 1.79. The largest absolute Gasteiger partial charge is 0.321 e. The molecule has 7 nitrogen and oxygen atoms in total. The van der Waals surface area contributed by atoms with Crippen LogP contribution in [0.2, 0.25) is 0 Å². The SMILES string of the molecule is CCC[C@H](c1nnnn1C(C)(C)CC)N(Cc1cccs1)Cc1cc2ccc(C)c(C)c2[nH]c1=O. The zero-order valence-electron chi connectivity index (χ0n) is 21.6. The number of thiophene rings is 1. The van der Waals surface area contributed by atoms with Crippen LogP contribution in [0, 0.1) is 13.8 Å². The molecule has 0 unspecified atom stereocenters. The Labute approximate surface area is 211 Å². The van der Waals surface area contributed by atoms with E-state index in [0.29, 0.717) is 6.54 Å². The fraction of sp³-hybridized carbons (Fsp3) is 0.481. The van der Waals surface area contributed by atoms with Gasteiger partial charge in [0.2, 0.25) is 0 Å². The number of rotatable bonds is 10. The quantitative estimate of drug-likeness (QED) is 0.299. The summed E-state index contributed by atoms with van der Waals surface area (Å²) in [5.74, 6) is 0.860. The zero-order valence-corrected chi connectivity index (χ0v) is 22.4. The summed E-state index contributed by atoms with van der Waals surface area (Å²) in [6.07, 6.45) is 2.80. The number of H-pyrrole nitrogens is 1. The molecule has 35 heavy (non-hydrogen) atoms. The average molecular weight is 493 g/mol. The summed E-state index contributed by atoms with van der Waals surface area (Å²) in [6.45, 7) is 14.0. The minimum atomic E-state index is -0.199. The number of pyridine rings is 1. The Kier molecular flexibility index (Phi) is 7.52. The molecule has 0 saturated carbocycles. The second kappa shape index (κ2) is 10.4. The van der Waals surface area contributed by atoms with Gasteiger partial charge in [-0.15, -0.1) is 16.4 Å². The molecule has 0 bridgehead atoms. The molecule has 0 amide bonds. The highest BCUT2D eigenvalue weighted by molar-refractivity contribution is 7.09. The molecule has 3 aromatic heterocycles. The average Bonchev–Trinajstić information content (AvgIpc) is 3.53. The molecule has 3 heterocycles. The van der Waals surface area contributed by atoms with Crippen molar-refractivity contribution in [3.8, 4) is 0 Å². The lowest BCUT2D eigenvalue weighted by Gasteiger charge is -2.33. The fourth-order valence-electron chi connectivity index (χ4n) is 4.52. The zero-order chi connectivity index (χ0) is 25.2. The number of hydrogen-bond donors (Lipinski definition) is 1. The Morgan fingerprint density at radius 1 is 1.17 bits per heavy atom. The summed E-state index contributed by atoms with van der Waals surface area (Å²) in [5, 5.41) is 16.1. The van der Waals surface area contributed by atoms with Crippen LogP contribution < -0.4 is 5.56 Å². The van der Waals surface area contributed by atoms with Crippen LogP contribution in [0.3, 0.4) is 0 Å². The molecule has 0 aliphatic rings. The monoisotopic (exact) mass is 492 g/mol. The Morgan fingerprint density at radius 2 is 1.97 bits per heavy atom. The van der Waals surface area contributed by atoms with Crippen molar-refractivity contribution in [2.45, 2.75) is 85.5 Å². The third-order valence-electron chi connectivity index (χ3n) is 7.17. The second-order valence-electron chi connectivity index (χ2n) is 10.00. The fourth-order valence-corrected chi connectivity index (χ4v) is 5.25. The van der Waals surface area contributed by atoms with Crippen LogP contribution in [0.25, 0.3) is 10.9 Å². The van der Waals surface area contributed by atoms with Gasteiger partial charge in [-0.25, -0.2) is 4.68 Å². The van der Waals surface area contributed by atoms with Gasteiger partial charge in [0.1, 0.15) is 0 Å². The van der Waals surface area contributed by atoms with E-state index in [1.807, 2.05) is 10.7 Å². The highest BCUT2D eigenvalue weighted by Crippen LogP contribution is 2.32. The summed E-state index contributed by atoms with van der Waals surface area (Å²) in [5.41, 5.74) is 3.73. The molecule has 8 heteroatoms. The van der Waals surface area contributed by atoms with Crippen LogP contribution in [0.4, 0.5) is 0 Å². The van der Waals surface area contributed by atoms with E-state index in [4.69, 9.17) is 0 Å². The smallest absolute Gasteiger partial charge is 0.252 e. The number of nitrogens with zero attached hydrogens (tertiary/aromatic N) is 5. The number of hydrogen-bond acceptors (Lipinski definition) is 6. The molecule has 0 saturated heterocycles. The summed E-state index contributed by atoms with van der Waals surface area (Å²) in [6, 6.07) is 10.5. The lowest BCUT2D eigenvalue weighted by molar-refractivity contribution is 0.147. The van der Waals surface area contributed by atoms with Crippen LogP contribution in [0.15, 0.2) is 40.5 Å². The van der Waals surface area contributed by atoms with Crippen molar-refractivity contribution in [2.75, 3.05) is 0 Å². The topological polar surface area (TPSA) is 79.7 Å². The number of fused-ring (bicyclic) bond motifs is 1. The van der Waals surface area contributed by atoms with Crippen LogP contribution in [0.5, 0.6) is 0 Å². The lowest BCUT2D eigenvalue weighted by Crippen LogP contribution is -2.36. The van der Waals surface area contributed by atoms with E-state index in [2.05, 4.69) is 96.6 Å². The number of aromatic amines is 1. The van der Waals surface area contributed by atoms with Gasteiger partial charge >= 0.3 is 0 Å². The number of benzene rings is 1. The molecule has 1 aromatic carbocycles. The van der Waals surface area contributed by atoms with Gasteiger partial charge in [0, 0.05) is 23.5 Å². The minimum absolute atomic E-state index is 0.0159. The summed E-state index contributed by atoms with van der Waals surface area (Å²) < 4.78 is 1.98. The maximum atomic E-state index is 13.2. The van der Waals surface area contributed by atoms with Gasteiger partial charge in [-0.1, -0.05) is 38.5 Å². The van der Waals surface area contributed by atoms with E-state index in [9.17, 15) is 4.79 Å². The first-order valence-electron chi connectivity index (χ1n) is 12.4. The van der Waals surface area contributed by atoms with E-state index < -0.39 is 0 Å².